The summed E-state index contributed by atoms with van der Waals surface area (Å²) < 4.78 is 47.8. The van der Waals surface area contributed by atoms with Crippen LogP contribution in [0.2, 0.25) is 0 Å². The Hall–Kier alpha value is -3.67. The van der Waals surface area contributed by atoms with Crippen LogP contribution in [-0.4, -0.2) is 63.3 Å². The lowest BCUT2D eigenvalue weighted by Crippen LogP contribution is -2.50. The molecule has 208 valence electrons. The van der Waals surface area contributed by atoms with E-state index in [1.165, 1.54) is 24.5 Å². The standard InChI is InChI=1S/C27H30F3N5O4/c1-13-22(27(38)34-16-5-6-19(18(28)9-16)35-21(37)10-36)24-25(33-13)23(31-12-32-24)17-8-15(26(29)30)4-7-20(17)39-11-14-2-3-14/h4,7-8,12,14,16,18-19,26,33,36H,2-3,5-6,9-11H2,1H3,(H,34,38)(H,35,37). The van der Waals surface area contributed by atoms with Gasteiger partial charge < -0.3 is 25.5 Å². The van der Waals surface area contributed by atoms with E-state index in [4.69, 9.17) is 9.84 Å². The summed E-state index contributed by atoms with van der Waals surface area (Å²) in [6, 6.07) is 3.01. The van der Waals surface area contributed by atoms with Crippen LogP contribution < -0.4 is 15.4 Å². The number of fused-ring (bicyclic) bond motifs is 1. The number of rotatable bonds is 9. The number of nitrogens with zero attached hydrogens (tertiary/aromatic N) is 2. The SMILES string of the molecule is Cc1[nH]c2c(-c3cc(C(F)F)ccc3OCC3CC3)ncnc2c1C(=O)NC1CCC(NC(=O)CO)C(F)C1. The van der Waals surface area contributed by atoms with Gasteiger partial charge in [0, 0.05) is 29.3 Å². The Balaban J connectivity index is 1.41. The average molecular weight is 546 g/mol. The number of nitrogens with one attached hydrogen (secondary N) is 3. The third-order valence-corrected chi connectivity index (χ3v) is 7.28. The van der Waals surface area contributed by atoms with E-state index in [0.717, 1.165) is 12.8 Å². The second-order valence-corrected chi connectivity index (χ2v) is 10.2. The van der Waals surface area contributed by atoms with Crippen LogP contribution in [-0.2, 0) is 4.79 Å². The van der Waals surface area contributed by atoms with Crippen molar-refractivity contribution in [1.82, 2.24) is 25.6 Å². The Morgan fingerprint density at radius 3 is 2.67 bits per heavy atom. The van der Waals surface area contributed by atoms with E-state index in [2.05, 4.69) is 25.6 Å². The van der Waals surface area contributed by atoms with Crippen LogP contribution in [0.4, 0.5) is 13.2 Å². The summed E-state index contributed by atoms with van der Waals surface area (Å²) in [5, 5.41) is 14.2. The van der Waals surface area contributed by atoms with Crippen molar-refractivity contribution in [2.45, 2.75) is 63.7 Å². The van der Waals surface area contributed by atoms with Gasteiger partial charge >= 0.3 is 0 Å². The van der Waals surface area contributed by atoms with Crippen LogP contribution in [0.15, 0.2) is 24.5 Å². The summed E-state index contributed by atoms with van der Waals surface area (Å²) in [7, 11) is 0. The molecule has 2 heterocycles. The minimum Gasteiger partial charge on any atom is -0.493 e. The van der Waals surface area contributed by atoms with Crippen molar-refractivity contribution in [1.29, 1.82) is 0 Å². The zero-order valence-corrected chi connectivity index (χ0v) is 21.3. The highest BCUT2D eigenvalue weighted by atomic mass is 19.3. The number of carbonyl (C=O) groups excluding carboxylic acids is 2. The lowest BCUT2D eigenvalue weighted by molar-refractivity contribution is -0.125. The van der Waals surface area contributed by atoms with Gasteiger partial charge in [-0.1, -0.05) is 0 Å². The van der Waals surface area contributed by atoms with E-state index >= 15 is 0 Å². The van der Waals surface area contributed by atoms with Crippen LogP contribution in [0.1, 0.15) is 60.1 Å². The number of aliphatic hydroxyl groups is 1. The number of alkyl halides is 3. The fourth-order valence-corrected chi connectivity index (χ4v) is 5.01. The van der Waals surface area contributed by atoms with Crippen molar-refractivity contribution in [3.05, 3.63) is 41.3 Å². The maximum atomic E-state index is 14.7. The molecule has 2 amide bonds. The van der Waals surface area contributed by atoms with Crippen molar-refractivity contribution in [2.75, 3.05) is 13.2 Å². The number of benzene rings is 1. The van der Waals surface area contributed by atoms with Gasteiger partial charge in [0.25, 0.3) is 12.3 Å². The first-order valence-corrected chi connectivity index (χ1v) is 13.0. The third-order valence-electron chi connectivity index (χ3n) is 7.28. The predicted molar refractivity (Wildman–Crippen MR) is 136 cm³/mol. The molecule has 2 aliphatic rings. The Bertz CT molecular complexity index is 1380. The second-order valence-electron chi connectivity index (χ2n) is 10.2. The van der Waals surface area contributed by atoms with Gasteiger partial charge in [0.2, 0.25) is 5.91 Å². The zero-order valence-electron chi connectivity index (χ0n) is 21.3. The third kappa shape index (κ3) is 5.85. The highest BCUT2D eigenvalue weighted by molar-refractivity contribution is 6.09. The van der Waals surface area contributed by atoms with E-state index in [0.29, 0.717) is 59.1 Å². The van der Waals surface area contributed by atoms with Crippen molar-refractivity contribution >= 4 is 22.8 Å². The number of aryl methyl sites for hydroxylation is 1. The topological polar surface area (TPSA) is 129 Å². The monoisotopic (exact) mass is 545 g/mol. The molecule has 5 rings (SSSR count). The van der Waals surface area contributed by atoms with Gasteiger partial charge in [-0.25, -0.2) is 23.1 Å². The summed E-state index contributed by atoms with van der Waals surface area (Å²) in [4.78, 5) is 36.5. The highest BCUT2D eigenvalue weighted by Gasteiger charge is 2.33. The van der Waals surface area contributed by atoms with Gasteiger partial charge in [0.1, 0.15) is 36.1 Å². The smallest absolute Gasteiger partial charge is 0.263 e. The number of aromatic amines is 1. The van der Waals surface area contributed by atoms with E-state index in [-0.39, 0.29) is 17.5 Å². The van der Waals surface area contributed by atoms with Crippen molar-refractivity contribution < 1.29 is 32.6 Å². The number of aromatic nitrogens is 3. The molecule has 4 N–H and O–H groups in total. The fraction of sp³-hybridized carbons (Fsp3) is 0.481. The average Bonchev–Trinajstić information content (AvgIpc) is 3.68. The summed E-state index contributed by atoms with van der Waals surface area (Å²) in [6.45, 7) is 1.46. The highest BCUT2D eigenvalue weighted by Crippen LogP contribution is 2.38. The lowest BCUT2D eigenvalue weighted by Gasteiger charge is -2.32. The van der Waals surface area contributed by atoms with E-state index < -0.39 is 43.1 Å². The fourth-order valence-electron chi connectivity index (χ4n) is 5.01. The number of hydrogen-bond donors (Lipinski definition) is 4. The van der Waals surface area contributed by atoms with Gasteiger partial charge in [-0.15, -0.1) is 0 Å². The number of carbonyl (C=O) groups is 2. The Labute approximate surface area is 222 Å². The van der Waals surface area contributed by atoms with Crippen LogP contribution in [0.25, 0.3) is 22.3 Å². The Morgan fingerprint density at radius 1 is 1.18 bits per heavy atom. The molecule has 2 aliphatic carbocycles. The summed E-state index contributed by atoms with van der Waals surface area (Å²) in [5.74, 6) is -0.227. The molecule has 2 saturated carbocycles. The minimum absolute atomic E-state index is 0.00582. The molecule has 1 aromatic carbocycles. The van der Waals surface area contributed by atoms with Crippen LogP contribution >= 0.6 is 0 Å². The molecule has 3 unspecified atom stereocenters. The number of aliphatic hydroxyl groups excluding tert-OH is 1. The number of amides is 2. The molecule has 0 spiro atoms. The number of H-pyrrole nitrogens is 1. The molecule has 12 heteroatoms. The molecular weight excluding hydrogens is 515 g/mol. The minimum atomic E-state index is -2.68. The maximum Gasteiger partial charge on any atom is 0.263 e. The molecule has 3 aromatic rings. The van der Waals surface area contributed by atoms with Gasteiger partial charge in [-0.3, -0.25) is 9.59 Å². The second kappa shape index (κ2) is 11.2. The van der Waals surface area contributed by atoms with Crippen molar-refractivity contribution in [2.24, 2.45) is 5.92 Å². The summed E-state index contributed by atoms with van der Waals surface area (Å²) in [6.07, 6.45) is 0.0929. The number of hydrogen-bond acceptors (Lipinski definition) is 6. The van der Waals surface area contributed by atoms with Crippen LogP contribution in [0, 0.1) is 12.8 Å². The summed E-state index contributed by atoms with van der Waals surface area (Å²) >= 11 is 0. The first kappa shape index (κ1) is 26.9. The largest absolute Gasteiger partial charge is 0.493 e. The quantitative estimate of drug-likeness (QED) is 0.324. The van der Waals surface area contributed by atoms with E-state index in [1.54, 1.807) is 6.92 Å². The van der Waals surface area contributed by atoms with Gasteiger partial charge in [0.15, 0.2) is 0 Å². The van der Waals surface area contributed by atoms with Crippen molar-refractivity contribution in [3.8, 4) is 17.0 Å². The van der Waals surface area contributed by atoms with Crippen LogP contribution in [0.5, 0.6) is 5.75 Å². The molecule has 2 aromatic heterocycles. The van der Waals surface area contributed by atoms with Gasteiger partial charge in [-0.2, -0.15) is 0 Å². The molecule has 3 atom stereocenters. The normalized spacial score (nSPS) is 21.2. The Kier molecular flexibility index (Phi) is 7.74. The number of ether oxygens (including phenoxy) is 1. The molecule has 2 fully saturated rings. The first-order valence-electron chi connectivity index (χ1n) is 13.0. The van der Waals surface area contributed by atoms with Gasteiger partial charge in [0.05, 0.1) is 23.7 Å². The molecule has 0 aliphatic heterocycles. The molecule has 0 saturated heterocycles. The van der Waals surface area contributed by atoms with Gasteiger partial charge in [-0.05, 0) is 56.7 Å². The lowest BCUT2D eigenvalue weighted by atomic mass is 9.89. The zero-order chi connectivity index (χ0) is 27.7. The first-order chi connectivity index (χ1) is 18.7. The van der Waals surface area contributed by atoms with E-state index in [9.17, 15) is 22.8 Å². The molecule has 9 nitrogen and oxygen atoms in total. The number of halogens is 3. The predicted octanol–water partition coefficient (Wildman–Crippen LogP) is 3.76. The van der Waals surface area contributed by atoms with Crippen molar-refractivity contribution in [3.63, 3.8) is 0 Å². The Morgan fingerprint density at radius 2 is 1.97 bits per heavy atom. The molecule has 0 radical (unpaired) electrons. The molecular formula is C27H30F3N5O4. The van der Waals surface area contributed by atoms with Crippen LogP contribution in [0.3, 0.4) is 0 Å². The summed E-state index contributed by atoms with van der Waals surface area (Å²) in [5.41, 5.74) is 1.99. The molecule has 0 bridgehead atoms. The van der Waals surface area contributed by atoms with E-state index in [1.807, 2.05) is 0 Å². The molecule has 39 heavy (non-hydrogen) atoms. The maximum absolute atomic E-state index is 14.7.